The quantitative estimate of drug-likeness (QED) is 0.787. The SMILES string of the molecule is NC(CCC(=O)O)C(=O)N1CCN(c2ccccn2)CC1. The first-order valence-electron chi connectivity index (χ1n) is 7.00. The van der Waals surface area contributed by atoms with Crippen LogP contribution >= 0.6 is 0 Å². The van der Waals surface area contributed by atoms with E-state index >= 15 is 0 Å². The highest BCUT2D eigenvalue weighted by molar-refractivity contribution is 5.82. The Hall–Kier alpha value is -2.15. The molecular weight excluding hydrogens is 272 g/mol. The number of carbonyl (C=O) groups excluding carboxylic acids is 1. The van der Waals surface area contributed by atoms with Crippen molar-refractivity contribution < 1.29 is 14.7 Å². The lowest BCUT2D eigenvalue weighted by Gasteiger charge is -2.36. The van der Waals surface area contributed by atoms with E-state index in [1.807, 2.05) is 18.2 Å². The Labute approximate surface area is 123 Å². The summed E-state index contributed by atoms with van der Waals surface area (Å²) in [6.07, 6.45) is 1.84. The molecule has 0 aromatic carbocycles. The highest BCUT2D eigenvalue weighted by Gasteiger charge is 2.25. The Bertz CT molecular complexity index is 486. The summed E-state index contributed by atoms with van der Waals surface area (Å²) in [5.74, 6) is -0.199. The third kappa shape index (κ3) is 4.16. The van der Waals surface area contributed by atoms with Crippen LogP contribution in [0, 0.1) is 0 Å². The van der Waals surface area contributed by atoms with Gasteiger partial charge in [-0.2, -0.15) is 0 Å². The molecule has 2 heterocycles. The van der Waals surface area contributed by atoms with Crippen LogP contribution in [0.25, 0.3) is 0 Å². The van der Waals surface area contributed by atoms with E-state index in [9.17, 15) is 9.59 Å². The first-order valence-corrected chi connectivity index (χ1v) is 7.00. The Kier molecular flexibility index (Phi) is 5.10. The summed E-state index contributed by atoms with van der Waals surface area (Å²) in [4.78, 5) is 30.7. The van der Waals surface area contributed by atoms with E-state index in [1.54, 1.807) is 11.1 Å². The summed E-state index contributed by atoms with van der Waals surface area (Å²) >= 11 is 0. The zero-order valence-electron chi connectivity index (χ0n) is 11.8. The Morgan fingerprint density at radius 3 is 2.57 bits per heavy atom. The summed E-state index contributed by atoms with van der Waals surface area (Å²) in [6.45, 7) is 2.56. The summed E-state index contributed by atoms with van der Waals surface area (Å²) < 4.78 is 0. The topological polar surface area (TPSA) is 99.8 Å². The minimum Gasteiger partial charge on any atom is -0.481 e. The number of anilines is 1. The molecule has 0 radical (unpaired) electrons. The van der Waals surface area contributed by atoms with Gasteiger partial charge in [-0.1, -0.05) is 6.07 Å². The molecule has 21 heavy (non-hydrogen) atoms. The van der Waals surface area contributed by atoms with Crippen molar-refractivity contribution in [3.63, 3.8) is 0 Å². The lowest BCUT2D eigenvalue weighted by Crippen LogP contribution is -2.53. The van der Waals surface area contributed by atoms with Gasteiger partial charge in [-0.15, -0.1) is 0 Å². The van der Waals surface area contributed by atoms with Gasteiger partial charge in [0.2, 0.25) is 5.91 Å². The van der Waals surface area contributed by atoms with Crippen LogP contribution in [0.5, 0.6) is 0 Å². The van der Waals surface area contributed by atoms with Crippen LogP contribution in [0.15, 0.2) is 24.4 Å². The monoisotopic (exact) mass is 292 g/mol. The maximum Gasteiger partial charge on any atom is 0.303 e. The Morgan fingerprint density at radius 1 is 1.29 bits per heavy atom. The molecule has 0 bridgehead atoms. The van der Waals surface area contributed by atoms with Gasteiger partial charge in [-0.25, -0.2) is 4.98 Å². The van der Waals surface area contributed by atoms with E-state index in [0.29, 0.717) is 26.2 Å². The van der Waals surface area contributed by atoms with Gasteiger partial charge < -0.3 is 20.6 Å². The van der Waals surface area contributed by atoms with Gasteiger partial charge in [-0.05, 0) is 18.6 Å². The van der Waals surface area contributed by atoms with Gasteiger partial charge in [0.1, 0.15) is 5.82 Å². The summed E-state index contributed by atoms with van der Waals surface area (Å²) in [5.41, 5.74) is 5.76. The second-order valence-electron chi connectivity index (χ2n) is 5.04. The number of amides is 1. The Balaban J connectivity index is 1.83. The summed E-state index contributed by atoms with van der Waals surface area (Å²) in [6, 6.07) is 5.00. The van der Waals surface area contributed by atoms with Crippen LogP contribution in [0.2, 0.25) is 0 Å². The molecule has 0 aliphatic carbocycles. The summed E-state index contributed by atoms with van der Waals surface area (Å²) in [5, 5.41) is 8.62. The highest BCUT2D eigenvalue weighted by Crippen LogP contribution is 2.13. The number of aliphatic carboxylic acids is 1. The number of rotatable bonds is 5. The van der Waals surface area contributed by atoms with Crippen molar-refractivity contribution in [2.45, 2.75) is 18.9 Å². The third-order valence-corrected chi connectivity index (χ3v) is 3.55. The average Bonchev–Trinajstić information content (AvgIpc) is 2.53. The molecule has 1 amide bonds. The van der Waals surface area contributed by atoms with Crippen LogP contribution < -0.4 is 10.6 Å². The van der Waals surface area contributed by atoms with Crippen molar-refractivity contribution in [3.05, 3.63) is 24.4 Å². The molecule has 1 unspecified atom stereocenters. The van der Waals surface area contributed by atoms with Gasteiger partial charge in [-0.3, -0.25) is 9.59 Å². The number of carbonyl (C=O) groups is 2. The van der Waals surface area contributed by atoms with E-state index < -0.39 is 12.0 Å². The zero-order valence-corrected chi connectivity index (χ0v) is 11.8. The van der Waals surface area contributed by atoms with Crippen LogP contribution in [-0.2, 0) is 9.59 Å². The molecule has 1 aromatic rings. The number of carboxylic acids is 1. The number of piperazine rings is 1. The molecule has 1 fully saturated rings. The van der Waals surface area contributed by atoms with Crippen LogP contribution in [0.1, 0.15) is 12.8 Å². The molecule has 7 nitrogen and oxygen atoms in total. The molecule has 1 aliphatic rings. The summed E-state index contributed by atoms with van der Waals surface area (Å²) in [7, 11) is 0. The number of hydrogen-bond donors (Lipinski definition) is 2. The minimum atomic E-state index is -0.932. The molecule has 114 valence electrons. The first-order chi connectivity index (χ1) is 10.1. The number of hydrogen-bond acceptors (Lipinski definition) is 5. The van der Waals surface area contributed by atoms with Crippen LogP contribution in [0.4, 0.5) is 5.82 Å². The molecular formula is C14H20N4O3. The molecule has 0 saturated carbocycles. The normalized spacial score (nSPS) is 16.6. The highest BCUT2D eigenvalue weighted by atomic mass is 16.4. The lowest BCUT2D eigenvalue weighted by molar-refractivity contribution is -0.137. The van der Waals surface area contributed by atoms with E-state index in [2.05, 4.69) is 9.88 Å². The number of nitrogens with zero attached hydrogens (tertiary/aromatic N) is 3. The van der Waals surface area contributed by atoms with Gasteiger partial charge in [0, 0.05) is 38.8 Å². The van der Waals surface area contributed by atoms with Crippen molar-refractivity contribution in [3.8, 4) is 0 Å². The average molecular weight is 292 g/mol. The van der Waals surface area contributed by atoms with E-state index in [-0.39, 0.29) is 18.7 Å². The molecule has 1 aliphatic heterocycles. The van der Waals surface area contributed by atoms with Crippen LogP contribution in [-0.4, -0.2) is 59.1 Å². The number of aromatic nitrogens is 1. The fourth-order valence-corrected chi connectivity index (χ4v) is 2.33. The van der Waals surface area contributed by atoms with Crippen molar-refractivity contribution in [2.75, 3.05) is 31.1 Å². The predicted molar refractivity (Wildman–Crippen MR) is 77.9 cm³/mol. The second kappa shape index (κ2) is 7.03. The standard InChI is InChI=1S/C14H20N4O3/c15-11(4-5-13(19)20)14(21)18-9-7-17(8-10-18)12-3-1-2-6-16-12/h1-3,6,11H,4-5,7-10,15H2,(H,19,20). The molecule has 2 rings (SSSR count). The number of pyridine rings is 1. The molecule has 3 N–H and O–H groups in total. The van der Waals surface area contributed by atoms with Crippen molar-refractivity contribution in [2.24, 2.45) is 5.73 Å². The molecule has 1 atom stereocenters. The van der Waals surface area contributed by atoms with E-state index in [1.165, 1.54) is 0 Å². The maximum atomic E-state index is 12.1. The largest absolute Gasteiger partial charge is 0.481 e. The van der Waals surface area contributed by atoms with Gasteiger partial charge in [0.15, 0.2) is 0 Å². The lowest BCUT2D eigenvalue weighted by atomic mass is 10.1. The Morgan fingerprint density at radius 2 is 2.00 bits per heavy atom. The van der Waals surface area contributed by atoms with Crippen molar-refractivity contribution in [1.82, 2.24) is 9.88 Å². The molecule has 7 heteroatoms. The van der Waals surface area contributed by atoms with Crippen LogP contribution in [0.3, 0.4) is 0 Å². The van der Waals surface area contributed by atoms with Gasteiger partial charge in [0.25, 0.3) is 0 Å². The van der Waals surface area contributed by atoms with Gasteiger partial charge in [0.05, 0.1) is 6.04 Å². The van der Waals surface area contributed by atoms with E-state index in [4.69, 9.17) is 10.8 Å². The zero-order chi connectivity index (χ0) is 15.2. The van der Waals surface area contributed by atoms with Crippen molar-refractivity contribution in [1.29, 1.82) is 0 Å². The van der Waals surface area contributed by atoms with Gasteiger partial charge >= 0.3 is 5.97 Å². The van der Waals surface area contributed by atoms with Crippen molar-refractivity contribution >= 4 is 17.7 Å². The number of carboxylic acid groups (broad SMARTS) is 1. The predicted octanol–water partition coefficient (Wildman–Crippen LogP) is -0.0777. The number of nitrogens with two attached hydrogens (primary N) is 1. The minimum absolute atomic E-state index is 0.0825. The second-order valence-corrected chi connectivity index (χ2v) is 5.04. The third-order valence-electron chi connectivity index (χ3n) is 3.55. The molecule has 0 spiro atoms. The molecule has 1 saturated heterocycles. The van der Waals surface area contributed by atoms with E-state index in [0.717, 1.165) is 5.82 Å². The molecule has 1 aromatic heterocycles. The smallest absolute Gasteiger partial charge is 0.303 e. The first kappa shape index (κ1) is 15.2. The maximum absolute atomic E-state index is 12.1. The fourth-order valence-electron chi connectivity index (χ4n) is 2.33. The fraction of sp³-hybridized carbons (Fsp3) is 0.500.